The number of alkyl halides is 2. The van der Waals surface area contributed by atoms with Gasteiger partial charge in [-0.05, 0) is 5.92 Å². The van der Waals surface area contributed by atoms with E-state index in [2.05, 4.69) is 10.3 Å². The standard InChI is InChI=1S/C10H15F2N3/c1-7(2)9(5-10(11,12)6-9)8-4-13-14-15(8)3/h4,7H,5-6H2,1-3H3. The molecular formula is C10H15F2N3. The Morgan fingerprint density at radius 1 is 1.40 bits per heavy atom. The van der Waals surface area contributed by atoms with E-state index in [4.69, 9.17) is 0 Å². The van der Waals surface area contributed by atoms with Crippen LogP contribution in [0.25, 0.3) is 0 Å². The van der Waals surface area contributed by atoms with Gasteiger partial charge < -0.3 is 0 Å². The minimum atomic E-state index is -2.52. The predicted octanol–water partition coefficient (Wildman–Crippen LogP) is 2.14. The fourth-order valence-electron chi connectivity index (χ4n) is 2.50. The van der Waals surface area contributed by atoms with E-state index in [9.17, 15) is 8.78 Å². The van der Waals surface area contributed by atoms with E-state index < -0.39 is 11.3 Å². The molecule has 1 saturated carbocycles. The molecule has 1 aromatic heterocycles. The Morgan fingerprint density at radius 3 is 2.33 bits per heavy atom. The van der Waals surface area contributed by atoms with Gasteiger partial charge in [0, 0.05) is 25.3 Å². The minimum Gasteiger partial charge on any atom is -0.252 e. The van der Waals surface area contributed by atoms with Crippen LogP contribution in [0.1, 0.15) is 32.4 Å². The van der Waals surface area contributed by atoms with Crippen molar-refractivity contribution in [1.29, 1.82) is 0 Å². The lowest BCUT2D eigenvalue weighted by Gasteiger charge is -2.49. The monoisotopic (exact) mass is 215 g/mol. The van der Waals surface area contributed by atoms with E-state index in [-0.39, 0.29) is 18.8 Å². The van der Waals surface area contributed by atoms with Gasteiger partial charge in [0.2, 0.25) is 5.92 Å². The van der Waals surface area contributed by atoms with Crippen LogP contribution in [0.5, 0.6) is 0 Å². The first kappa shape index (κ1) is 10.5. The molecule has 2 rings (SSSR count). The number of rotatable bonds is 2. The number of aryl methyl sites for hydroxylation is 1. The summed E-state index contributed by atoms with van der Waals surface area (Å²) in [5, 5.41) is 7.58. The van der Waals surface area contributed by atoms with Crippen molar-refractivity contribution < 1.29 is 8.78 Å². The number of aromatic nitrogens is 3. The maximum Gasteiger partial charge on any atom is 0.250 e. The predicted molar refractivity (Wildman–Crippen MR) is 51.7 cm³/mol. The molecular weight excluding hydrogens is 200 g/mol. The summed E-state index contributed by atoms with van der Waals surface area (Å²) < 4.78 is 27.7. The van der Waals surface area contributed by atoms with Crippen LogP contribution in [-0.2, 0) is 12.5 Å². The lowest BCUT2D eigenvalue weighted by atomic mass is 9.58. The van der Waals surface area contributed by atoms with Gasteiger partial charge in [-0.25, -0.2) is 8.78 Å². The summed E-state index contributed by atoms with van der Waals surface area (Å²) in [7, 11) is 1.75. The third-order valence-electron chi connectivity index (χ3n) is 3.48. The zero-order chi connectivity index (χ0) is 11.3. The average molecular weight is 215 g/mol. The second-order valence-corrected chi connectivity index (χ2v) is 4.76. The van der Waals surface area contributed by atoms with Gasteiger partial charge in [0.15, 0.2) is 0 Å². The van der Waals surface area contributed by atoms with Crippen molar-refractivity contribution in [2.24, 2.45) is 13.0 Å². The molecule has 1 aromatic rings. The Hall–Kier alpha value is -1.00. The third kappa shape index (κ3) is 1.44. The second kappa shape index (κ2) is 3.00. The molecule has 84 valence electrons. The Balaban J connectivity index is 2.35. The maximum atomic E-state index is 13.1. The smallest absolute Gasteiger partial charge is 0.250 e. The molecule has 0 atom stereocenters. The molecule has 1 aliphatic rings. The first-order chi connectivity index (χ1) is 6.87. The highest BCUT2D eigenvalue weighted by molar-refractivity contribution is 5.23. The number of halogens is 2. The SMILES string of the molecule is CC(C)C1(c2cnnn2C)CC(F)(F)C1. The Labute approximate surface area is 87.5 Å². The van der Waals surface area contributed by atoms with Gasteiger partial charge in [-0.2, -0.15) is 0 Å². The fourth-order valence-corrected chi connectivity index (χ4v) is 2.50. The van der Waals surface area contributed by atoms with Crippen molar-refractivity contribution in [2.75, 3.05) is 0 Å². The molecule has 0 spiro atoms. The first-order valence-corrected chi connectivity index (χ1v) is 5.10. The lowest BCUT2D eigenvalue weighted by Crippen LogP contribution is -2.53. The number of hydrogen-bond donors (Lipinski definition) is 0. The van der Waals surface area contributed by atoms with E-state index in [1.54, 1.807) is 17.9 Å². The molecule has 0 aliphatic heterocycles. The van der Waals surface area contributed by atoms with Crippen molar-refractivity contribution in [3.63, 3.8) is 0 Å². The zero-order valence-corrected chi connectivity index (χ0v) is 9.17. The maximum absolute atomic E-state index is 13.1. The van der Waals surface area contributed by atoms with Crippen LogP contribution in [0.2, 0.25) is 0 Å². The minimum absolute atomic E-state index is 0.0844. The van der Waals surface area contributed by atoms with Gasteiger partial charge >= 0.3 is 0 Å². The van der Waals surface area contributed by atoms with E-state index in [0.717, 1.165) is 5.69 Å². The molecule has 0 saturated heterocycles. The molecule has 0 radical (unpaired) electrons. The molecule has 1 fully saturated rings. The lowest BCUT2D eigenvalue weighted by molar-refractivity contribution is -0.143. The van der Waals surface area contributed by atoms with Crippen LogP contribution in [0.4, 0.5) is 8.78 Å². The molecule has 0 amide bonds. The molecule has 0 N–H and O–H groups in total. The Kier molecular flexibility index (Phi) is 2.10. The Morgan fingerprint density at radius 2 is 2.00 bits per heavy atom. The molecule has 0 unspecified atom stereocenters. The molecule has 5 heteroatoms. The van der Waals surface area contributed by atoms with Crippen LogP contribution in [-0.4, -0.2) is 20.9 Å². The second-order valence-electron chi connectivity index (χ2n) is 4.76. The van der Waals surface area contributed by atoms with Crippen molar-refractivity contribution in [1.82, 2.24) is 15.0 Å². The van der Waals surface area contributed by atoms with Crippen LogP contribution >= 0.6 is 0 Å². The topological polar surface area (TPSA) is 30.7 Å². The molecule has 3 nitrogen and oxygen atoms in total. The van der Waals surface area contributed by atoms with E-state index in [1.165, 1.54) is 0 Å². The van der Waals surface area contributed by atoms with Crippen LogP contribution in [0.3, 0.4) is 0 Å². The normalized spacial score (nSPS) is 22.8. The summed E-state index contributed by atoms with van der Waals surface area (Å²) in [6.07, 6.45) is 1.44. The van der Waals surface area contributed by atoms with Gasteiger partial charge in [0.1, 0.15) is 0 Å². The van der Waals surface area contributed by atoms with Crippen molar-refractivity contribution in [2.45, 2.75) is 38.0 Å². The van der Waals surface area contributed by atoms with Gasteiger partial charge in [0.25, 0.3) is 0 Å². The van der Waals surface area contributed by atoms with Crippen LogP contribution < -0.4 is 0 Å². The molecule has 0 aromatic carbocycles. The van der Waals surface area contributed by atoms with Crippen LogP contribution in [0, 0.1) is 5.92 Å². The summed E-state index contributed by atoms with van der Waals surface area (Å²) in [6.45, 7) is 3.95. The first-order valence-electron chi connectivity index (χ1n) is 5.10. The molecule has 1 aliphatic carbocycles. The number of nitrogens with zero attached hydrogens (tertiary/aromatic N) is 3. The van der Waals surface area contributed by atoms with Crippen LogP contribution in [0.15, 0.2) is 6.20 Å². The van der Waals surface area contributed by atoms with Gasteiger partial charge in [-0.15, -0.1) is 5.10 Å². The Bertz CT molecular complexity index is 362. The number of hydrogen-bond acceptors (Lipinski definition) is 2. The summed E-state index contributed by atoms with van der Waals surface area (Å²) in [6, 6.07) is 0. The summed E-state index contributed by atoms with van der Waals surface area (Å²) in [5.41, 5.74) is 0.380. The van der Waals surface area contributed by atoms with Crippen molar-refractivity contribution in [3.8, 4) is 0 Å². The largest absolute Gasteiger partial charge is 0.252 e. The van der Waals surface area contributed by atoms with E-state index >= 15 is 0 Å². The highest BCUT2D eigenvalue weighted by Crippen LogP contribution is 2.56. The quantitative estimate of drug-likeness (QED) is 0.756. The molecule has 1 heterocycles. The summed E-state index contributed by atoms with van der Waals surface area (Å²) in [4.78, 5) is 0. The van der Waals surface area contributed by atoms with Crippen molar-refractivity contribution in [3.05, 3.63) is 11.9 Å². The average Bonchev–Trinajstić information content (AvgIpc) is 2.46. The summed E-state index contributed by atoms with van der Waals surface area (Å²) in [5.74, 6) is -2.34. The summed E-state index contributed by atoms with van der Waals surface area (Å²) >= 11 is 0. The highest BCUT2D eigenvalue weighted by atomic mass is 19.3. The van der Waals surface area contributed by atoms with Crippen molar-refractivity contribution >= 4 is 0 Å². The zero-order valence-electron chi connectivity index (χ0n) is 9.17. The third-order valence-corrected chi connectivity index (χ3v) is 3.48. The van der Waals surface area contributed by atoms with Gasteiger partial charge in [-0.1, -0.05) is 19.1 Å². The van der Waals surface area contributed by atoms with E-state index in [1.807, 2.05) is 13.8 Å². The highest BCUT2D eigenvalue weighted by Gasteiger charge is 2.60. The van der Waals surface area contributed by atoms with Gasteiger partial charge in [0.05, 0.1) is 11.9 Å². The van der Waals surface area contributed by atoms with E-state index in [0.29, 0.717) is 0 Å². The van der Waals surface area contributed by atoms with Gasteiger partial charge in [-0.3, -0.25) is 4.68 Å². The molecule has 15 heavy (non-hydrogen) atoms. The molecule has 0 bridgehead atoms. The fraction of sp³-hybridized carbons (Fsp3) is 0.800.